The number of hydrogen-bond acceptors (Lipinski definition) is 3. The molecule has 1 amide bonds. The van der Waals surface area contributed by atoms with Crippen LogP contribution in [-0.2, 0) is 12.8 Å². The van der Waals surface area contributed by atoms with Crippen LogP contribution in [-0.4, -0.2) is 5.91 Å². The van der Waals surface area contributed by atoms with Crippen molar-refractivity contribution in [3.63, 3.8) is 0 Å². The number of aryl methyl sites for hydroxylation is 2. The second-order valence-corrected chi connectivity index (χ2v) is 5.81. The van der Waals surface area contributed by atoms with E-state index in [1.165, 1.54) is 33.9 Å². The van der Waals surface area contributed by atoms with E-state index in [0.29, 0.717) is 10.6 Å². The van der Waals surface area contributed by atoms with Gasteiger partial charge in [-0.05, 0) is 49.1 Å². The number of rotatable bonds is 2. The number of halogens is 1. The van der Waals surface area contributed by atoms with Crippen molar-refractivity contribution in [2.45, 2.75) is 19.3 Å². The van der Waals surface area contributed by atoms with E-state index >= 15 is 0 Å². The Bertz CT molecular complexity index is 708. The zero-order chi connectivity index (χ0) is 14.1. The first-order valence-electron chi connectivity index (χ1n) is 6.30. The molecule has 0 saturated carbocycles. The predicted octanol–water partition coefficient (Wildman–Crippen LogP) is 3.50. The molecule has 1 heterocycles. The Kier molecular flexibility index (Phi) is 3.25. The number of anilines is 1. The molecule has 1 aromatic carbocycles. The Labute approximate surface area is 119 Å². The van der Waals surface area contributed by atoms with Crippen molar-refractivity contribution >= 4 is 22.9 Å². The largest absolute Gasteiger partial charge is 0.320 e. The average Bonchev–Trinajstić information content (AvgIpc) is 3.01. The third kappa shape index (κ3) is 2.30. The highest BCUT2D eigenvalue weighted by Gasteiger charge is 2.19. The van der Waals surface area contributed by atoms with Crippen LogP contribution in [0.25, 0.3) is 0 Å². The van der Waals surface area contributed by atoms with Crippen molar-refractivity contribution in [2.75, 3.05) is 5.32 Å². The van der Waals surface area contributed by atoms with Crippen molar-refractivity contribution in [2.24, 2.45) is 0 Å². The van der Waals surface area contributed by atoms with E-state index in [-0.39, 0.29) is 11.5 Å². The molecule has 2 aromatic rings. The molecule has 0 saturated heterocycles. The van der Waals surface area contributed by atoms with Gasteiger partial charge in [-0.25, -0.2) is 4.39 Å². The highest BCUT2D eigenvalue weighted by Crippen LogP contribution is 2.31. The molecular weight excluding hydrogens is 275 g/mol. The van der Waals surface area contributed by atoms with Crippen LogP contribution < -0.4 is 5.32 Å². The number of nitrogens with one attached hydrogen (secondary N) is 1. The number of fused-ring (bicyclic) bond motifs is 1. The summed E-state index contributed by atoms with van der Waals surface area (Å²) in [5, 5.41) is 11.6. The van der Waals surface area contributed by atoms with Gasteiger partial charge in [0.25, 0.3) is 5.91 Å². The number of carbonyl (C=O) groups is 1. The number of carbonyl (C=O) groups excluding carboxylic acids is 1. The van der Waals surface area contributed by atoms with Gasteiger partial charge in [-0.15, -0.1) is 11.3 Å². The second-order valence-electron chi connectivity index (χ2n) is 4.67. The summed E-state index contributed by atoms with van der Waals surface area (Å²) >= 11 is 1.50. The highest BCUT2D eigenvalue weighted by molar-refractivity contribution is 7.14. The van der Waals surface area contributed by atoms with Crippen molar-refractivity contribution in [1.29, 1.82) is 5.26 Å². The zero-order valence-corrected chi connectivity index (χ0v) is 11.4. The van der Waals surface area contributed by atoms with E-state index < -0.39 is 5.82 Å². The van der Waals surface area contributed by atoms with Gasteiger partial charge in [0.05, 0.1) is 16.1 Å². The minimum absolute atomic E-state index is 0.127. The molecule has 3 nitrogen and oxygen atoms in total. The van der Waals surface area contributed by atoms with Crippen LogP contribution in [0.1, 0.15) is 32.1 Å². The Morgan fingerprint density at radius 1 is 1.35 bits per heavy atom. The molecule has 0 spiro atoms. The number of nitriles is 1. The first kappa shape index (κ1) is 12.8. The van der Waals surface area contributed by atoms with E-state index in [9.17, 15) is 9.18 Å². The smallest absolute Gasteiger partial charge is 0.265 e. The van der Waals surface area contributed by atoms with Gasteiger partial charge in [0.2, 0.25) is 0 Å². The van der Waals surface area contributed by atoms with Crippen LogP contribution in [0.5, 0.6) is 0 Å². The summed E-state index contributed by atoms with van der Waals surface area (Å²) in [7, 11) is 0. The lowest BCUT2D eigenvalue weighted by molar-refractivity contribution is 0.103. The Morgan fingerprint density at radius 2 is 2.20 bits per heavy atom. The van der Waals surface area contributed by atoms with Crippen LogP contribution in [0, 0.1) is 17.1 Å². The van der Waals surface area contributed by atoms with E-state index in [0.717, 1.165) is 25.3 Å². The third-order valence-corrected chi connectivity index (χ3v) is 4.56. The summed E-state index contributed by atoms with van der Waals surface area (Å²) in [6, 6.07) is 7.55. The lowest BCUT2D eigenvalue weighted by Gasteiger charge is -2.05. The van der Waals surface area contributed by atoms with Gasteiger partial charge in [0, 0.05) is 4.88 Å². The molecule has 0 fully saturated rings. The van der Waals surface area contributed by atoms with Gasteiger partial charge < -0.3 is 5.32 Å². The van der Waals surface area contributed by atoms with Gasteiger partial charge in [-0.2, -0.15) is 5.26 Å². The molecule has 0 aliphatic heterocycles. The number of benzene rings is 1. The predicted molar refractivity (Wildman–Crippen MR) is 75.4 cm³/mol. The molecule has 0 radical (unpaired) electrons. The topological polar surface area (TPSA) is 52.9 Å². The van der Waals surface area contributed by atoms with E-state index in [1.807, 2.05) is 12.1 Å². The van der Waals surface area contributed by atoms with Crippen molar-refractivity contribution < 1.29 is 9.18 Å². The maximum atomic E-state index is 13.0. The quantitative estimate of drug-likeness (QED) is 0.918. The standard InChI is InChI=1S/C15H11FN2OS/c16-11-4-5-12(10(6-11)8-17)18-15(19)14-7-9-2-1-3-13(9)20-14/h4-7H,1-3H2,(H,18,19). The van der Waals surface area contributed by atoms with E-state index in [1.54, 1.807) is 0 Å². The number of hydrogen-bond donors (Lipinski definition) is 1. The summed E-state index contributed by atoms with van der Waals surface area (Å²) in [6.07, 6.45) is 3.21. The van der Waals surface area contributed by atoms with E-state index in [4.69, 9.17) is 5.26 Å². The summed E-state index contributed by atoms with van der Waals surface area (Å²) < 4.78 is 13.0. The molecule has 20 heavy (non-hydrogen) atoms. The fourth-order valence-corrected chi connectivity index (χ4v) is 3.49. The van der Waals surface area contributed by atoms with E-state index in [2.05, 4.69) is 5.32 Å². The number of thiophene rings is 1. The van der Waals surface area contributed by atoms with Gasteiger partial charge in [0.15, 0.2) is 0 Å². The van der Waals surface area contributed by atoms with Crippen LogP contribution in [0.4, 0.5) is 10.1 Å². The fourth-order valence-electron chi connectivity index (χ4n) is 2.34. The molecular formula is C15H11FN2OS. The van der Waals surface area contributed by atoms with Gasteiger partial charge in [-0.3, -0.25) is 4.79 Å². The van der Waals surface area contributed by atoms with Gasteiger partial charge in [0.1, 0.15) is 11.9 Å². The van der Waals surface area contributed by atoms with Crippen LogP contribution in [0.15, 0.2) is 24.3 Å². The second kappa shape index (κ2) is 5.06. The van der Waals surface area contributed by atoms with Crippen LogP contribution >= 0.6 is 11.3 Å². The number of nitrogens with zero attached hydrogens (tertiary/aromatic N) is 1. The van der Waals surface area contributed by atoms with Crippen LogP contribution in [0.3, 0.4) is 0 Å². The average molecular weight is 286 g/mol. The Morgan fingerprint density at radius 3 is 2.95 bits per heavy atom. The first-order valence-corrected chi connectivity index (χ1v) is 7.11. The summed E-state index contributed by atoms with van der Waals surface area (Å²) in [5.74, 6) is -0.734. The minimum atomic E-state index is -0.491. The number of amides is 1. The molecule has 5 heteroatoms. The lowest BCUT2D eigenvalue weighted by atomic mass is 10.2. The monoisotopic (exact) mass is 286 g/mol. The molecule has 0 bridgehead atoms. The minimum Gasteiger partial charge on any atom is -0.320 e. The molecule has 100 valence electrons. The van der Waals surface area contributed by atoms with Gasteiger partial charge >= 0.3 is 0 Å². The Hall–Kier alpha value is -2.19. The summed E-state index contributed by atoms with van der Waals surface area (Å²) in [4.78, 5) is 14.1. The molecule has 0 atom stereocenters. The van der Waals surface area contributed by atoms with Crippen molar-refractivity contribution in [1.82, 2.24) is 0 Å². The fraction of sp³-hybridized carbons (Fsp3) is 0.200. The molecule has 1 aliphatic rings. The lowest BCUT2D eigenvalue weighted by Crippen LogP contribution is -2.11. The molecule has 3 rings (SSSR count). The SMILES string of the molecule is N#Cc1cc(F)ccc1NC(=O)c1cc2c(s1)CCC2. The third-order valence-electron chi connectivity index (χ3n) is 3.32. The Balaban J connectivity index is 1.84. The zero-order valence-electron chi connectivity index (χ0n) is 10.6. The molecule has 1 N–H and O–H groups in total. The summed E-state index contributed by atoms with van der Waals surface area (Å²) in [6.45, 7) is 0. The summed E-state index contributed by atoms with van der Waals surface area (Å²) in [5.41, 5.74) is 1.72. The van der Waals surface area contributed by atoms with Crippen molar-refractivity contribution in [3.05, 3.63) is 51.0 Å². The normalized spacial score (nSPS) is 12.8. The molecule has 1 aliphatic carbocycles. The van der Waals surface area contributed by atoms with Crippen molar-refractivity contribution in [3.8, 4) is 6.07 Å². The first-order chi connectivity index (χ1) is 9.67. The van der Waals surface area contributed by atoms with Crippen LogP contribution in [0.2, 0.25) is 0 Å². The molecule has 0 unspecified atom stereocenters. The molecule has 1 aromatic heterocycles. The van der Waals surface area contributed by atoms with Gasteiger partial charge in [-0.1, -0.05) is 0 Å². The highest BCUT2D eigenvalue weighted by atomic mass is 32.1. The maximum Gasteiger partial charge on any atom is 0.265 e. The maximum absolute atomic E-state index is 13.0.